The summed E-state index contributed by atoms with van der Waals surface area (Å²) >= 11 is 3.41. The van der Waals surface area contributed by atoms with Crippen molar-refractivity contribution in [3.05, 3.63) is 22.0 Å². The van der Waals surface area contributed by atoms with E-state index in [9.17, 15) is 9.59 Å². The molecule has 1 atom stereocenters. The average Bonchev–Trinajstić information content (AvgIpc) is 2.59. The number of pyridine rings is 1. The number of thioether (sulfide) groups is 1. The van der Waals surface area contributed by atoms with Crippen LogP contribution in [0, 0.1) is 3.57 Å². The SMILES string of the molecule is CC(=O)SC1CC(=O)N(c2ccncc2I)C1. The maximum absolute atomic E-state index is 11.9. The summed E-state index contributed by atoms with van der Waals surface area (Å²) in [4.78, 5) is 28.7. The molecular weight excluding hydrogens is 351 g/mol. The molecule has 0 saturated carbocycles. The predicted molar refractivity (Wildman–Crippen MR) is 76.0 cm³/mol. The lowest BCUT2D eigenvalue weighted by Gasteiger charge is -2.17. The zero-order valence-electron chi connectivity index (χ0n) is 9.22. The molecule has 0 aliphatic carbocycles. The summed E-state index contributed by atoms with van der Waals surface area (Å²) < 4.78 is 0.951. The smallest absolute Gasteiger partial charge is 0.228 e. The van der Waals surface area contributed by atoms with Crippen molar-refractivity contribution in [2.24, 2.45) is 0 Å². The first-order chi connectivity index (χ1) is 8.08. The van der Waals surface area contributed by atoms with Gasteiger partial charge in [0.2, 0.25) is 5.91 Å². The van der Waals surface area contributed by atoms with Crippen LogP contribution in [0.3, 0.4) is 0 Å². The van der Waals surface area contributed by atoms with Crippen LogP contribution in [0.5, 0.6) is 0 Å². The molecule has 1 fully saturated rings. The Labute approximate surface area is 117 Å². The van der Waals surface area contributed by atoms with Crippen molar-refractivity contribution in [2.75, 3.05) is 11.4 Å². The van der Waals surface area contributed by atoms with Gasteiger partial charge in [-0.3, -0.25) is 14.6 Å². The van der Waals surface area contributed by atoms with Crippen molar-refractivity contribution in [2.45, 2.75) is 18.6 Å². The number of aromatic nitrogens is 1. The highest BCUT2D eigenvalue weighted by Gasteiger charge is 2.32. The maximum atomic E-state index is 11.9. The van der Waals surface area contributed by atoms with Crippen molar-refractivity contribution in [3.63, 3.8) is 0 Å². The standard InChI is InChI=1S/C11H11IN2O2S/c1-7(15)17-8-4-11(16)14(6-8)10-2-3-13-5-9(10)12/h2-3,5,8H,4,6H2,1H3. The Morgan fingerprint density at radius 2 is 2.41 bits per heavy atom. The van der Waals surface area contributed by atoms with Gasteiger partial charge in [0.15, 0.2) is 5.12 Å². The highest BCUT2D eigenvalue weighted by Crippen LogP contribution is 2.30. The molecule has 17 heavy (non-hydrogen) atoms. The Kier molecular flexibility index (Phi) is 4.03. The third kappa shape index (κ3) is 2.98. The molecule has 1 saturated heterocycles. The Bertz CT molecular complexity index is 467. The van der Waals surface area contributed by atoms with Gasteiger partial charge >= 0.3 is 0 Å². The molecule has 6 heteroatoms. The van der Waals surface area contributed by atoms with Crippen molar-refractivity contribution >= 4 is 51.1 Å². The van der Waals surface area contributed by atoms with Gasteiger partial charge < -0.3 is 4.90 Å². The number of rotatable bonds is 2. The van der Waals surface area contributed by atoms with Gasteiger partial charge in [-0.25, -0.2) is 0 Å². The van der Waals surface area contributed by atoms with Crippen LogP contribution in [-0.2, 0) is 9.59 Å². The van der Waals surface area contributed by atoms with Gasteiger partial charge in [-0.05, 0) is 28.7 Å². The molecule has 1 aromatic heterocycles. The lowest BCUT2D eigenvalue weighted by molar-refractivity contribution is -0.117. The molecule has 90 valence electrons. The average molecular weight is 362 g/mol. The minimum atomic E-state index is 0.0640. The topological polar surface area (TPSA) is 50.3 Å². The van der Waals surface area contributed by atoms with Crippen molar-refractivity contribution in [1.29, 1.82) is 0 Å². The molecule has 2 rings (SSSR count). The van der Waals surface area contributed by atoms with Crippen LogP contribution in [0.4, 0.5) is 5.69 Å². The number of anilines is 1. The van der Waals surface area contributed by atoms with E-state index in [0.717, 1.165) is 9.26 Å². The fraction of sp³-hybridized carbons (Fsp3) is 0.364. The minimum absolute atomic E-state index is 0.0640. The summed E-state index contributed by atoms with van der Waals surface area (Å²) in [5, 5.41) is 0.137. The number of carbonyl (C=O) groups is 2. The second-order valence-corrected chi connectivity index (χ2v) is 6.41. The van der Waals surface area contributed by atoms with E-state index in [-0.39, 0.29) is 16.3 Å². The van der Waals surface area contributed by atoms with Crippen LogP contribution >= 0.6 is 34.4 Å². The van der Waals surface area contributed by atoms with Crippen LogP contribution in [0.2, 0.25) is 0 Å². The molecule has 0 N–H and O–H groups in total. The van der Waals surface area contributed by atoms with E-state index < -0.39 is 0 Å². The Morgan fingerprint density at radius 1 is 1.65 bits per heavy atom. The summed E-state index contributed by atoms with van der Waals surface area (Å²) in [6.45, 7) is 2.14. The molecule has 1 unspecified atom stereocenters. The number of carbonyl (C=O) groups excluding carboxylic acids is 2. The van der Waals surface area contributed by atoms with Crippen LogP contribution in [0.25, 0.3) is 0 Å². The van der Waals surface area contributed by atoms with E-state index in [2.05, 4.69) is 27.6 Å². The number of amides is 1. The van der Waals surface area contributed by atoms with E-state index in [1.165, 1.54) is 18.7 Å². The molecule has 0 spiro atoms. The number of halogens is 1. The summed E-state index contributed by atoms with van der Waals surface area (Å²) in [5.74, 6) is 0.0767. The lowest BCUT2D eigenvalue weighted by Crippen LogP contribution is -2.25. The molecule has 2 heterocycles. The largest absolute Gasteiger partial charge is 0.310 e. The van der Waals surface area contributed by atoms with Gasteiger partial charge in [0.1, 0.15) is 0 Å². The van der Waals surface area contributed by atoms with Crippen LogP contribution in [0.1, 0.15) is 13.3 Å². The third-order valence-electron chi connectivity index (χ3n) is 2.46. The van der Waals surface area contributed by atoms with Gasteiger partial charge in [-0.15, -0.1) is 0 Å². The summed E-state index contributed by atoms with van der Waals surface area (Å²) in [7, 11) is 0. The quantitative estimate of drug-likeness (QED) is 0.756. The molecule has 4 nitrogen and oxygen atoms in total. The van der Waals surface area contributed by atoms with E-state index in [0.29, 0.717) is 13.0 Å². The normalized spacial score (nSPS) is 19.8. The monoisotopic (exact) mass is 362 g/mol. The number of hydrogen-bond donors (Lipinski definition) is 0. The van der Waals surface area contributed by atoms with Crippen LogP contribution < -0.4 is 4.90 Å². The Balaban J connectivity index is 2.16. The fourth-order valence-electron chi connectivity index (χ4n) is 1.81. The highest BCUT2D eigenvalue weighted by atomic mass is 127. The van der Waals surface area contributed by atoms with Crippen molar-refractivity contribution < 1.29 is 9.59 Å². The number of hydrogen-bond acceptors (Lipinski definition) is 4. The Morgan fingerprint density at radius 3 is 3.06 bits per heavy atom. The van der Waals surface area contributed by atoms with Crippen molar-refractivity contribution in [3.8, 4) is 0 Å². The van der Waals surface area contributed by atoms with E-state index >= 15 is 0 Å². The summed E-state index contributed by atoms with van der Waals surface area (Å²) in [5.41, 5.74) is 0.886. The second kappa shape index (κ2) is 5.34. The van der Waals surface area contributed by atoms with E-state index in [1.807, 2.05) is 6.07 Å². The molecule has 0 bridgehead atoms. The molecular formula is C11H11IN2O2S. The van der Waals surface area contributed by atoms with Crippen LogP contribution in [-0.4, -0.2) is 27.8 Å². The maximum Gasteiger partial charge on any atom is 0.228 e. The highest BCUT2D eigenvalue weighted by molar-refractivity contribution is 14.1. The third-order valence-corrected chi connectivity index (χ3v) is 4.28. The fourth-order valence-corrected chi connectivity index (χ4v) is 3.36. The molecule has 1 aliphatic rings. The molecule has 1 amide bonds. The molecule has 0 aromatic carbocycles. The van der Waals surface area contributed by atoms with Gasteiger partial charge in [-0.1, -0.05) is 11.8 Å². The van der Waals surface area contributed by atoms with Crippen molar-refractivity contribution in [1.82, 2.24) is 4.98 Å². The molecule has 1 aliphatic heterocycles. The molecule has 1 aromatic rings. The summed E-state index contributed by atoms with van der Waals surface area (Å²) in [6, 6.07) is 1.83. The first-order valence-electron chi connectivity index (χ1n) is 5.15. The second-order valence-electron chi connectivity index (χ2n) is 3.77. The summed E-state index contributed by atoms with van der Waals surface area (Å²) in [6.07, 6.45) is 3.84. The number of nitrogens with zero attached hydrogens (tertiary/aromatic N) is 2. The van der Waals surface area contributed by atoms with E-state index in [4.69, 9.17) is 0 Å². The zero-order valence-corrected chi connectivity index (χ0v) is 12.2. The minimum Gasteiger partial charge on any atom is -0.310 e. The van der Waals surface area contributed by atoms with Gasteiger partial charge in [-0.2, -0.15) is 0 Å². The van der Waals surface area contributed by atoms with Gasteiger partial charge in [0, 0.05) is 37.5 Å². The predicted octanol–water partition coefficient (Wildman–Crippen LogP) is 2.07. The first kappa shape index (κ1) is 12.8. The van der Waals surface area contributed by atoms with Crippen LogP contribution in [0.15, 0.2) is 18.5 Å². The Hall–Kier alpha value is -0.630. The van der Waals surface area contributed by atoms with E-state index in [1.54, 1.807) is 17.3 Å². The molecule has 0 radical (unpaired) electrons. The first-order valence-corrected chi connectivity index (χ1v) is 7.11. The van der Waals surface area contributed by atoms with Gasteiger partial charge in [0.05, 0.1) is 9.26 Å². The lowest BCUT2D eigenvalue weighted by atomic mass is 10.4. The van der Waals surface area contributed by atoms with Gasteiger partial charge in [0.25, 0.3) is 0 Å². The zero-order chi connectivity index (χ0) is 12.4.